The summed E-state index contributed by atoms with van der Waals surface area (Å²) in [6.45, 7) is 6.03. The fraction of sp³-hybridized carbons (Fsp3) is 0.350. The lowest BCUT2D eigenvalue weighted by molar-refractivity contribution is -0.121. The predicted molar refractivity (Wildman–Crippen MR) is 91.5 cm³/mol. The van der Waals surface area contributed by atoms with E-state index in [-0.39, 0.29) is 29.8 Å². The van der Waals surface area contributed by atoms with Crippen molar-refractivity contribution in [3.05, 3.63) is 65.0 Å². The van der Waals surface area contributed by atoms with E-state index in [9.17, 15) is 9.18 Å². The molecule has 1 heterocycles. The number of halogens is 1. The van der Waals surface area contributed by atoms with Gasteiger partial charge in [-0.15, -0.1) is 0 Å². The highest BCUT2D eigenvalue weighted by Crippen LogP contribution is 2.39. The Morgan fingerprint density at radius 2 is 2.04 bits per heavy atom. The summed E-state index contributed by atoms with van der Waals surface area (Å²) < 4.78 is 19.8. The zero-order valence-corrected chi connectivity index (χ0v) is 14.2. The van der Waals surface area contributed by atoms with Gasteiger partial charge in [-0.3, -0.25) is 4.79 Å². The number of ether oxygens (including phenoxy) is 1. The molecule has 1 aliphatic heterocycles. The van der Waals surface area contributed by atoms with Crippen LogP contribution in [0.15, 0.2) is 42.5 Å². The van der Waals surface area contributed by atoms with Crippen molar-refractivity contribution in [2.45, 2.75) is 45.3 Å². The van der Waals surface area contributed by atoms with Gasteiger partial charge in [0.25, 0.3) is 0 Å². The van der Waals surface area contributed by atoms with Crippen LogP contribution in [0.3, 0.4) is 0 Å². The highest BCUT2D eigenvalue weighted by Gasteiger charge is 2.34. The monoisotopic (exact) mass is 327 g/mol. The normalized spacial score (nSPS) is 18.4. The van der Waals surface area contributed by atoms with Crippen molar-refractivity contribution in [3.8, 4) is 5.75 Å². The summed E-state index contributed by atoms with van der Waals surface area (Å²) >= 11 is 0. The Morgan fingerprint density at radius 3 is 2.79 bits per heavy atom. The maximum absolute atomic E-state index is 13.7. The van der Waals surface area contributed by atoms with Gasteiger partial charge in [0.1, 0.15) is 17.2 Å². The van der Waals surface area contributed by atoms with E-state index in [2.05, 4.69) is 5.32 Å². The molecular weight excluding hydrogens is 305 g/mol. The molecule has 2 aromatic carbocycles. The van der Waals surface area contributed by atoms with Gasteiger partial charge < -0.3 is 10.1 Å². The second kappa shape index (κ2) is 6.27. The van der Waals surface area contributed by atoms with Crippen molar-refractivity contribution in [3.63, 3.8) is 0 Å². The summed E-state index contributed by atoms with van der Waals surface area (Å²) in [5, 5.41) is 3.04. The zero-order chi connectivity index (χ0) is 17.3. The van der Waals surface area contributed by atoms with E-state index in [1.54, 1.807) is 18.2 Å². The molecule has 0 fully saturated rings. The Morgan fingerprint density at radius 1 is 1.29 bits per heavy atom. The maximum atomic E-state index is 13.7. The largest absolute Gasteiger partial charge is 0.487 e. The van der Waals surface area contributed by atoms with Crippen molar-refractivity contribution in [2.24, 2.45) is 0 Å². The van der Waals surface area contributed by atoms with Crippen LogP contribution in [-0.4, -0.2) is 11.5 Å². The number of hydrogen-bond donors (Lipinski definition) is 1. The fourth-order valence-corrected chi connectivity index (χ4v) is 3.15. The van der Waals surface area contributed by atoms with Crippen LogP contribution >= 0.6 is 0 Å². The first kappa shape index (κ1) is 16.5. The van der Waals surface area contributed by atoms with Crippen LogP contribution in [0.4, 0.5) is 4.39 Å². The molecule has 1 aliphatic rings. The van der Waals surface area contributed by atoms with Crippen LogP contribution in [0.25, 0.3) is 0 Å². The molecule has 0 unspecified atom stereocenters. The second-order valence-corrected chi connectivity index (χ2v) is 7.00. The summed E-state index contributed by atoms with van der Waals surface area (Å²) in [4.78, 5) is 12.4. The molecule has 1 atom stereocenters. The van der Waals surface area contributed by atoms with Crippen LogP contribution < -0.4 is 10.1 Å². The molecule has 0 aromatic heterocycles. The number of carbonyl (C=O) groups excluding carboxylic acids is 1. The number of carbonyl (C=O) groups is 1. The minimum atomic E-state index is -0.364. The molecule has 0 saturated carbocycles. The fourth-order valence-electron chi connectivity index (χ4n) is 3.15. The van der Waals surface area contributed by atoms with E-state index in [4.69, 9.17) is 4.74 Å². The molecule has 126 valence electrons. The molecule has 0 saturated heterocycles. The van der Waals surface area contributed by atoms with Gasteiger partial charge in [-0.2, -0.15) is 0 Å². The lowest BCUT2D eigenvalue weighted by atomic mass is 9.89. The Balaban J connectivity index is 1.79. The van der Waals surface area contributed by atoms with Crippen molar-refractivity contribution < 1.29 is 13.9 Å². The third kappa shape index (κ3) is 3.58. The van der Waals surface area contributed by atoms with Crippen molar-refractivity contribution >= 4 is 5.91 Å². The summed E-state index contributed by atoms with van der Waals surface area (Å²) in [6.07, 6.45) is 0.706. The number of nitrogens with one attached hydrogen (secondary N) is 1. The van der Waals surface area contributed by atoms with Gasteiger partial charge in [0.2, 0.25) is 5.91 Å². The average Bonchev–Trinajstić information content (AvgIpc) is 2.48. The van der Waals surface area contributed by atoms with Gasteiger partial charge in [0, 0.05) is 12.0 Å². The van der Waals surface area contributed by atoms with Crippen molar-refractivity contribution in [1.29, 1.82) is 0 Å². The number of aryl methyl sites for hydroxylation is 1. The van der Waals surface area contributed by atoms with Crippen LogP contribution in [0.5, 0.6) is 5.75 Å². The Hall–Kier alpha value is -2.36. The summed E-state index contributed by atoms with van der Waals surface area (Å²) in [6, 6.07) is 12.2. The van der Waals surface area contributed by atoms with Crippen LogP contribution in [0, 0.1) is 12.7 Å². The Labute approximate surface area is 141 Å². The van der Waals surface area contributed by atoms with Crippen LogP contribution in [0.2, 0.25) is 0 Å². The quantitative estimate of drug-likeness (QED) is 0.922. The van der Waals surface area contributed by atoms with E-state index in [0.717, 1.165) is 16.9 Å². The third-order valence-electron chi connectivity index (χ3n) is 4.27. The van der Waals surface area contributed by atoms with Crippen molar-refractivity contribution in [2.75, 3.05) is 0 Å². The van der Waals surface area contributed by atoms with Gasteiger partial charge in [0.05, 0.1) is 12.5 Å². The molecule has 1 N–H and O–H groups in total. The summed E-state index contributed by atoms with van der Waals surface area (Å²) in [7, 11) is 0. The van der Waals surface area contributed by atoms with Crippen LogP contribution in [0.1, 0.15) is 43.0 Å². The summed E-state index contributed by atoms with van der Waals surface area (Å²) in [5.41, 5.74) is 2.13. The molecule has 3 nitrogen and oxygen atoms in total. The Bertz CT molecular complexity index is 770. The van der Waals surface area contributed by atoms with E-state index in [1.165, 1.54) is 6.07 Å². The zero-order valence-electron chi connectivity index (χ0n) is 14.2. The molecule has 2 aromatic rings. The highest BCUT2D eigenvalue weighted by molar-refractivity contribution is 5.79. The molecule has 3 rings (SSSR count). The van der Waals surface area contributed by atoms with E-state index in [1.807, 2.05) is 39.0 Å². The van der Waals surface area contributed by atoms with Crippen LogP contribution in [-0.2, 0) is 11.2 Å². The smallest absolute Gasteiger partial charge is 0.225 e. The highest BCUT2D eigenvalue weighted by atomic mass is 19.1. The lowest BCUT2D eigenvalue weighted by Gasteiger charge is -2.38. The number of rotatable bonds is 3. The first-order valence-electron chi connectivity index (χ1n) is 8.16. The van der Waals surface area contributed by atoms with Gasteiger partial charge in [-0.05, 0) is 44.0 Å². The predicted octanol–water partition coefficient (Wildman–Crippen LogP) is 4.10. The molecule has 0 bridgehead atoms. The van der Waals surface area contributed by atoms with Gasteiger partial charge >= 0.3 is 0 Å². The van der Waals surface area contributed by atoms with E-state index in [0.29, 0.717) is 12.0 Å². The second-order valence-electron chi connectivity index (χ2n) is 7.00. The third-order valence-corrected chi connectivity index (χ3v) is 4.27. The average molecular weight is 327 g/mol. The molecule has 0 spiro atoms. The molecule has 1 amide bonds. The topological polar surface area (TPSA) is 38.3 Å². The van der Waals surface area contributed by atoms with E-state index < -0.39 is 0 Å². The lowest BCUT2D eigenvalue weighted by Crippen LogP contribution is -2.41. The molecule has 24 heavy (non-hydrogen) atoms. The number of benzene rings is 2. The number of amides is 1. The summed E-state index contributed by atoms with van der Waals surface area (Å²) in [5.74, 6) is 0.271. The molecule has 4 heteroatoms. The van der Waals surface area contributed by atoms with Crippen molar-refractivity contribution in [1.82, 2.24) is 5.32 Å². The minimum absolute atomic E-state index is 0.0334. The number of fused-ring (bicyclic) bond motifs is 1. The molecular formula is C20H22FNO2. The van der Waals surface area contributed by atoms with Gasteiger partial charge in [0.15, 0.2) is 0 Å². The minimum Gasteiger partial charge on any atom is -0.487 e. The molecule has 0 aliphatic carbocycles. The molecule has 0 radical (unpaired) electrons. The van der Waals surface area contributed by atoms with E-state index >= 15 is 0 Å². The SMILES string of the molecule is Cc1ccc2c(c1)OC(C)(C)C[C@@H]2NC(=O)Cc1ccccc1F. The maximum Gasteiger partial charge on any atom is 0.225 e. The number of hydrogen-bond acceptors (Lipinski definition) is 2. The Kier molecular flexibility index (Phi) is 4.31. The standard InChI is InChI=1S/C20H22FNO2/c1-13-8-9-15-17(12-20(2,3)24-18(15)10-13)22-19(23)11-14-6-4-5-7-16(14)21/h4-10,17H,11-12H2,1-3H3,(H,22,23)/t17-/m0/s1. The first-order chi connectivity index (χ1) is 11.3. The van der Waals surface area contributed by atoms with Gasteiger partial charge in [-0.1, -0.05) is 30.3 Å². The van der Waals surface area contributed by atoms with Gasteiger partial charge in [-0.25, -0.2) is 4.39 Å². The first-order valence-corrected chi connectivity index (χ1v) is 8.16.